The number of nitrogens with one attached hydrogen (secondary N) is 2. The number of aromatic nitrogens is 1. The molecule has 1 aromatic heterocycles. The van der Waals surface area contributed by atoms with Crippen LogP contribution in [0.4, 0.5) is 5.69 Å². The van der Waals surface area contributed by atoms with Crippen molar-refractivity contribution in [2.24, 2.45) is 0 Å². The van der Waals surface area contributed by atoms with Crippen molar-refractivity contribution in [3.63, 3.8) is 0 Å². The first-order valence-electron chi connectivity index (χ1n) is 10.0. The highest BCUT2D eigenvalue weighted by atomic mass is 16.5. The van der Waals surface area contributed by atoms with E-state index in [1.807, 2.05) is 36.7 Å². The summed E-state index contributed by atoms with van der Waals surface area (Å²) in [6.45, 7) is 3.32. The van der Waals surface area contributed by atoms with Crippen molar-refractivity contribution < 1.29 is 14.3 Å². The number of amides is 2. The van der Waals surface area contributed by atoms with Gasteiger partial charge in [0.15, 0.2) is 0 Å². The molecule has 29 heavy (non-hydrogen) atoms. The zero-order chi connectivity index (χ0) is 20.2. The number of carbonyl (C=O) groups is 2. The molecular formula is C22H26N4O3. The minimum absolute atomic E-state index is 0.193. The summed E-state index contributed by atoms with van der Waals surface area (Å²) in [7, 11) is 2.07. The number of likely N-dealkylation sites (N-methyl/N-ethyl adjacent to an activating group) is 1. The quantitative estimate of drug-likeness (QED) is 0.697. The lowest BCUT2D eigenvalue weighted by Crippen LogP contribution is -2.40. The largest absolute Gasteiger partial charge is 0.492 e. The van der Waals surface area contributed by atoms with E-state index in [-0.39, 0.29) is 17.7 Å². The fourth-order valence-electron chi connectivity index (χ4n) is 3.80. The van der Waals surface area contributed by atoms with Crippen LogP contribution in [-0.4, -0.2) is 50.1 Å². The number of piperidine rings is 1. The van der Waals surface area contributed by atoms with Crippen LogP contribution in [0.15, 0.2) is 42.7 Å². The molecular weight excluding hydrogens is 368 g/mol. The first-order chi connectivity index (χ1) is 14.1. The summed E-state index contributed by atoms with van der Waals surface area (Å²) in [6.07, 6.45) is 4.73. The van der Waals surface area contributed by atoms with Gasteiger partial charge in [0.2, 0.25) is 11.8 Å². The smallest absolute Gasteiger partial charge is 0.234 e. The van der Waals surface area contributed by atoms with Crippen LogP contribution in [-0.2, 0) is 9.59 Å². The minimum Gasteiger partial charge on any atom is -0.492 e. The molecule has 7 nitrogen and oxygen atoms in total. The monoisotopic (exact) mass is 394 g/mol. The first-order valence-corrected chi connectivity index (χ1v) is 10.0. The molecule has 0 aliphatic carbocycles. The number of pyridine rings is 1. The summed E-state index contributed by atoms with van der Waals surface area (Å²) < 4.78 is 5.90. The van der Waals surface area contributed by atoms with Gasteiger partial charge in [-0.05, 0) is 35.7 Å². The van der Waals surface area contributed by atoms with E-state index in [1.54, 1.807) is 0 Å². The Morgan fingerprint density at radius 3 is 2.66 bits per heavy atom. The Bertz CT molecular complexity index is 880. The lowest BCUT2D eigenvalue weighted by atomic mass is 9.90. The van der Waals surface area contributed by atoms with Gasteiger partial charge >= 0.3 is 0 Å². The lowest BCUT2D eigenvalue weighted by molar-refractivity contribution is -0.134. The number of carbonyl (C=O) groups excluding carboxylic acids is 2. The van der Waals surface area contributed by atoms with E-state index in [0.29, 0.717) is 25.4 Å². The minimum atomic E-state index is -0.265. The average molecular weight is 394 g/mol. The van der Waals surface area contributed by atoms with Gasteiger partial charge in [-0.2, -0.15) is 0 Å². The first kappa shape index (κ1) is 19.4. The highest BCUT2D eigenvalue weighted by molar-refractivity contribution is 6.00. The zero-order valence-corrected chi connectivity index (χ0v) is 16.6. The summed E-state index contributed by atoms with van der Waals surface area (Å²) in [5.74, 6) is 0.626. The Morgan fingerprint density at radius 1 is 1.17 bits per heavy atom. The second-order valence-corrected chi connectivity index (χ2v) is 7.63. The standard InChI is InChI=1S/C22H26N4O3/c1-26(20-8-9-23-14-19(20)16-12-24-13-16)10-11-29-17-4-2-15(3-5-17)18-6-7-21(27)25-22(18)28/h2-5,8-9,14,16,18,24H,6-7,10-13H2,1H3,(H,25,27,28). The summed E-state index contributed by atoms with van der Waals surface area (Å²) >= 11 is 0. The maximum Gasteiger partial charge on any atom is 0.234 e. The van der Waals surface area contributed by atoms with E-state index < -0.39 is 0 Å². The zero-order valence-electron chi connectivity index (χ0n) is 16.6. The van der Waals surface area contributed by atoms with Gasteiger partial charge in [0.1, 0.15) is 12.4 Å². The summed E-state index contributed by atoms with van der Waals surface area (Å²) in [4.78, 5) is 29.8. The van der Waals surface area contributed by atoms with E-state index in [4.69, 9.17) is 4.74 Å². The summed E-state index contributed by atoms with van der Waals surface area (Å²) in [6, 6.07) is 9.64. The molecule has 152 valence electrons. The molecule has 2 fully saturated rings. The van der Waals surface area contributed by atoms with Crippen LogP contribution in [0.25, 0.3) is 0 Å². The molecule has 0 bridgehead atoms. The molecule has 0 spiro atoms. The Morgan fingerprint density at radius 2 is 1.97 bits per heavy atom. The highest BCUT2D eigenvalue weighted by Gasteiger charge is 2.27. The number of rotatable bonds is 7. The van der Waals surface area contributed by atoms with Gasteiger partial charge in [-0.1, -0.05) is 12.1 Å². The van der Waals surface area contributed by atoms with Crippen LogP contribution in [0.5, 0.6) is 5.75 Å². The predicted molar refractivity (Wildman–Crippen MR) is 110 cm³/mol. The molecule has 2 amide bonds. The molecule has 1 unspecified atom stereocenters. The molecule has 2 aliphatic heterocycles. The third-order valence-electron chi connectivity index (χ3n) is 5.68. The van der Waals surface area contributed by atoms with Gasteiger partial charge in [-0.25, -0.2) is 0 Å². The number of hydrogen-bond donors (Lipinski definition) is 2. The van der Waals surface area contributed by atoms with Crippen LogP contribution >= 0.6 is 0 Å². The van der Waals surface area contributed by atoms with Gasteiger partial charge in [0.25, 0.3) is 0 Å². The number of nitrogens with zero attached hydrogens (tertiary/aromatic N) is 2. The Kier molecular flexibility index (Phi) is 5.76. The normalized spacial score (nSPS) is 19.4. The molecule has 2 aliphatic rings. The maximum absolute atomic E-state index is 12.0. The van der Waals surface area contributed by atoms with E-state index in [2.05, 4.69) is 33.6 Å². The average Bonchev–Trinajstić information content (AvgIpc) is 2.68. The molecule has 0 radical (unpaired) electrons. The fraction of sp³-hybridized carbons (Fsp3) is 0.409. The van der Waals surface area contributed by atoms with Crippen molar-refractivity contribution in [3.05, 3.63) is 53.9 Å². The van der Waals surface area contributed by atoms with Crippen molar-refractivity contribution in [1.82, 2.24) is 15.6 Å². The Labute approximate surface area is 170 Å². The highest BCUT2D eigenvalue weighted by Crippen LogP contribution is 2.29. The maximum atomic E-state index is 12.0. The van der Waals surface area contributed by atoms with Crippen LogP contribution in [0.1, 0.15) is 35.8 Å². The van der Waals surface area contributed by atoms with Gasteiger partial charge in [-0.15, -0.1) is 0 Å². The van der Waals surface area contributed by atoms with E-state index in [1.165, 1.54) is 11.3 Å². The second-order valence-electron chi connectivity index (χ2n) is 7.63. The van der Waals surface area contributed by atoms with Crippen LogP contribution in [0, 0.1) is 0 Å². The SMILES string of the molecule is CN(CCOc1ccc(C2CCC(=O)NC2=O)cc1)c1ccncc1C1CNC1. The molecule has 2 saturated heterocycles. The molecule has 4 rings (SSSR count). The van der Waals surface area contributed by atoms with Crippen LogP contribution in [0.3, 0.4) is 0 Å². The van der Waals surface area contributed by atoms with E-state index >= 15 is 0 Å². The Hall–Kier alpha value is -2.93. The predicted octanol–water partition coefficient (Wildman–Crippen LogP) is 1.80. The van der Waals surface area contributed by atoms with Gasteiger partial charge in [-0.3, -0.25) is 19.9 Å². The lowest BCUT2D eigenvalue weighted by Gasteiger charge is -2.31. The third-order valence-corrected chi connectivity index (χ3v) is 5.68. The van der Waals surface area contributed by atoms with Gasteiger partial charge in [0, 0.05) is 50.6 Å². The fourth-order valence-corrected chi connectivity index (χ4v) is 3.80. The molecule has 1 atom stereocenters. The topological polar surface area (TPSA) is 83.6 Å². The number of imide groups is 1. The van der Waals surface area contributed by atoms with Gasteiger partial charge in [0.05, 0.1) is 12.5 Å². The Balaban J connectivity index is 1.31. The van der Waals surface area contributed by atoms with Crippen LogP contribution < -0.4 is 20.3 Å². The third kappa shape index (κ3) is 4.40. The van der Waals surface area contributed by atoms with Crippen molar-refractivity contribution in [1.29, 1.82) is 0 Å². The molecule has 2 N–H and O–H groups in total. The summed E-state index contributed by atoms with van der Waals surface area (Å²) in [5, 5.41) is 5.71. The van der Waals surface area contributed by atoms with Crippen LogP contribution in [0.2, 0.25) is 0 Å². The summed E-state index contributed by atoms with van der Waals surface area (Å²) in [5.41, 5.74) is 3.39. The number of ether oxygens (including phenoxy) is 1. The molecule has 1 aromatic carbocycles. The van der Waals surface area contributed by atoms with Crippen molar-refractivity contribution in [3.8, 4) is 5.75 Å². The van der Waals surface area contributed by atoms with Crippen molar-refractivity contribution in [2.75, 3.05) is 38.2 Å². The second kappa shape index (κ2) is 8.61. The molecule has 3 heterocycles. The number of hydrogen-bond acceptors (Lipinski definition) is 6. The van der Waals surface area contributed by atoms with Gasteiger partial charge < -0.3 is 15.0 Å². The number of anilines is 1. The number of benzene rings is 1. The molecule has 0 saturated carbocycles. The van der Waals surface area contributed by atoms with Crippen molar-refractivity contribution in [2.45, 2.75) is 24.7 Å². The van der Waals surface area contributed by atoms with E-state index in [0.717, 1.165) is 30.9 Å². The van der Waals surface area contributed by atoms with E-state index in [9.17, 15) is 9.59 Å². The molecule has 7 heteroatoms. The van der Waals surface area contributed by atoms with Crippen molar-refractivity contribution >= 4 is 17.5 Å². The molecule has 2 aromatic rings.